The zero-order chi connectivity index (χ0) is 10.7. The van der Waals surface area contributed by atoms with Crippen LogP contribution in [0.25, 0.3) is 0 Å². The van der Waals surface area contributed by atoms with E-state index in [0.717, 1.165) is 22.3 Å². The minimum absolute atomic E-state index is 0.520. The molecule has 0 unspecified atom stereocenters. The molecule has 2 aromatic heterocycles. The van der Waals surface area contributed by atoms with Crippen LogP contribution >= 0.6 is 38.9 Å². The third kappa shape index (κ3) is 2.77. The van der Waals surface area contributed by atoms with E-state index in [0.29, 0.717) is 5.15 Å². The van der Waals surface area contributed by atoms with E-state index in [-0.39, 0.29) is 0 Å². The average molecular weight is 304 g/mol. The van der Waals surface area contributed by atoms with Crippen molar-refractivity contribution >= 4 is 38.9 Å². The highest BCUT2D eigenvalue weighted by atomic mass is 79.9. The minimum Gasteiger partial charge on any atom is -0.250 e. The fourth-order valence-electron chi connectivity index (χ4n) is 1.27. The van der Waals surface area contributed by atoms with Gasteiger partial charge < -0.3 is 0 Å². The molecule has 5 heteroatoms. The number of aromatic nitrogens is 2. The van der Waals surface area contributed by atoms with E-state index >= 15 is 0 Å². The third-order valence-corrected chi connectivity index (χ3v) is 4.26. The summed E-state index contributed by atoms with van der Waals surface area (Å²) in [6.45, 7) is 0. The van der Waals surface area contributed by atoms with Gasteiger partial charge >= 0.3 is 0 Å². The van der Waals surface area contributed by atoms with Crippen molar-refractivity contribution in [1.82, 2.24) is 9.97 Å². The van der Waals surface area contributed by atoms with E-state index in [1.807, 2.05) is 17.6 Å². The van der Waals surface area contributed by atoms with E-state index < -0.39 is 0 Å². The van der Waals surface area contributed by atoms with Crippen LogP contribution in [0.4, 0.5) is 0 Å². The molecule has 2 rings (SSSR count). The van der Waals surface area contributed by atoms with Gasteiger partial charge in [-0.05, 0) is 34.0 Å². The summed E-state index contributed by atoms with van der Waals surface area (Å²) in [6, 6.07) is 1.98. The van der Waals surface area contributed by atoms with Gasteiger partial charge in [0.2, 0.25) is 0 Å². The SMILES string of the molecule is Clc1nccc(CCc2nccs2)c1Br. The first-order valence-electron chi connectivity index (χ1n) is 4.44. The third-order valence-electron chi connectivity index (χ3n) is 2.02. The fraction of sp³-hybridized carbons (Fsp3) is 0.200. The molecule has 15 heavy (non-hydrogen) atoms. The Hall–Kier alpha value is -0.450. The van der Waals surface area contributed by atoms with Crippen LogP contribution in [0.3, 0.4) is 0 Å². The van der Waals surface area contributed by atoms with Crippen LogP contribution in [-0.4, -0.2) is 9.97 Å². The number of rotatable bonds is 3. The second kappa shape index (κ2) is 5.05. The van der Waals surface area contributed by atoms with Gasteiger partial charge in [0.1, 0.15) is 5.15 Å². The lowest BCUT2D eigenvalue weighted by atomic mass is 10.1. The zero-order valence-electron chi connectivity index (χ0n) is 7.78. The van der Waals surface area contributed by atoms with Crippen LogP contribution in [0, 0.1) is 0 Å². The molecule has 2 nitrogen and oxygen atoms in total. The van der Waals surface area contributed by atoms with Crippen molar-refractivity contribution in [2.75, 3.05) is 0 Å². The lowest BCUT2D eigenvalue weighted by Gasteiger charge is -2.03. The number of halogens is 2. The van der Waals surface area contributed by atoms with Gasteiger partial charge in [0.05, 0.1) is 9.48 Å². The molecule has 0 bridgehead atoms. The molecule has 0 aliphatic heterocycles. The monoisotopic (exact) mass is 302 g/mol. The molecular weight excluding hydrogens is 296 g/mol. The maximum atomic E-state index is 5.90. The Bertz CT molecular complexity index is 445. The van der Waals surface area contributed by atoms with Gasteiger partial charge in [0, 0.05) is 24.2 Å². The molecule has 0 saturated carbocycles. The number of aryl methyl sites for hydroxylation is 2. The molecule has 0 N–H and O–H groups in total. The van der Waals surface area contributed by atoms with Crippen molar-refractivity contribution in [2.24, 2.45) is 0 Å². The van der Waals surface area contributed by atoms with Gasteiger partial charge in [-0.25, -0.2) is 9.97 Å². The highest BCUT2D eigenvalue weighted by Gasteiger charge is 2.05. The Morgan fingerprint density at radius 3 is 2.87 bits per heavy atom. The topological polar surface area (TPSA) is 25.8 Å². The Kier molecular flexibility index (Phi) is 3.72. The molecular formula is C10H8BrClN2S. The van der Waals surface area contributed by atoms with Gasteiger partial charge in [-0.3, -0.25) is 0 Å². The number of hydrogen-bond donors (Lipinski definition) is 0. The van der Waals surface area contributed by atoms with Crippen LogP contribution in [-0.2, 0) is 12.8 Å². The highest BCUT2D eigenvalue weighted by Crippen LogP contribution is 2.25. The molecule has 0 atom stereocenters. The van der Waals surface area contributed by atoms with Crippen molar-refractivity contribution < 1.29 is 0 Å². The summed E-state index contributed by atoms with van der Waals surface area (Å²) in [4.78, 5) is 8.23. The quantitative estimate of drug-likeness (QED) is 0.807. The van der Waals surface area contributed by atoms with Crippen molar-refractivity contribution in [2.45, 2.75) is 12.8 Å². The Labute approximate surface area is 105 Å². The predicted molar refractivity (Wildman–Crippen MR) is 66.5 cm³/mol. The van der Waals surface area contributed by atoms with E-state index in [4.69, 9.17) is 11.6 Å². The lowest BCUT2D eigenvalue weighted by molar-refractivity contribution is 0.934. The molecule has 0 amide bonds. The molecule has 0 fully saturated rings. The van der Waals surface area contributed by atoms with Crippen molar-refractivity contribution in [3.8, 4) is 0 Å². The van der Waals surface area contributed by atoms with Gasteiger partial charge in [-0.15, -0.1) is 11.3 Å². The summed E-state index contributed by atoms with van der Waals surface area (Å²) in [5, 5.41) is 3.66. The van der Waals surface area contributed by atoms with Crippen molar-refractivity contribution in [3.05, 3.63) is 44.0 Å². The second-order valence-corrected chi connectivity index (χ2v) is 5.13. The predicted octanol–water partition coefficient (Wildman–Crippen LogP) is 3.74. The van der Waals surface area contributed by atoms with E-state index in [2.05, 4.69) is 25.9 Å². The summed E-state index contributed by atoms with van der Waals surface area (Å²) < 4.78 is 0.892. The standard InChI is InChI=1S/C10H8BrClN2S/c11-9-7(3-4-14-10(9)12)1-2-8-13-5-6-15-8/h3-6H,1-2H2. The molecule has 0 radical (unpaired) electrons. The molecule has 0 aliphatic rings. The van der Waals surface area contributed by atoms with Crippen molar-refractivity contribution in [3.63, 3.8) is 0 Å². The highest BCUT2D eigenvalue weighted by molar-refractivity contribution is 9.10. The van der Waals surface area contributed by atoms with Crippen molar-refractivity contribution in [1.29, 1.82) is 0 Å². The fourth-order valence-corrected chi connectivity index (χ4v) is 2.50. The van der Waals surface area contributed by atoms with E-state index in [1.54, 1.807) is 17.5 Å². The Balaban J connectivity index is 2.08. The summed E-state index contributed by atoms with van der Waals surface area (Å²) >= 11 is 11.0. The maximum absolute atomic E-state index is 5.90. The summed E-state index contributed by atoms with van der Waals surface area (Å²) in [6.07, 6.45) is 5.42. The Morgan fingerprint density at radius 1 is 1.27 bits per heavy atom. The lowest BCUT2D eigenvalue weighted by Crippen LogP contribution is -1.93. The smallest absolute Gasteiger partial charge is 0.143 e. The molecule has 2 aromatic rings. The average Bonchev–Trinajstić information content (AvgIpc) is 2.73. The first kappa shape index (κ1) is 11.0. The number of pyridine rings is 1. The minimum atomic E-state index is 0.520. The summed E-state index contributed by atoms with van der Waals surface area (Å²) in [5.74, 6) is 0. The molecule has 2 heterocycles. The normalized spacial score (nSPS) is 10.5. The van der Waals surface area contributed by atoms with Gasteiger partial charge in [-0.1, -0.05) is 11.6 Å². The summed E-state index contributed by atoms with van der Waals surface area (Å²) in [5.41, 5.74) is 1.17. The molecule has 0 saturated heterocycles. The first-order chi connectivity index (χ1) is 7.27. The number of nitrogens with zero attached hydrogens (tertiary/aromatic N) is 2. The number of thiazole rings is 1. The molecule has 78 valence electrons. The van der Waals surface area contributed by atoms with Gasteiger partial charge in [0.15, 0.2) is 0 Å². The second-order valence-electron chi connectivity index (χ2n) is 3.00. The van der Waals surface area contributed by atoms with E-state index in [1.165, 1.54) is 5.56 Å². The van der Waals surface area contributed by atoms with Gasteiger partial charge in [0.25, 0.3) is 0 Å². The first-order valence-corrected chi connectivity index (χ1v) is 6.49. The van der Waals surface area contributed by atoms with Crippen LogP contribution in [0.2, 0.25) is 5.15 Å². The van der Waals surface area contributed by atoms with Crippen LogP contribution in [0.1, 0.15) is 10.6 Å². The van der Waals surface area contributed by atoms with E-state index in [9.17, 15) is 0 Å². The molecule has 0 spiro atoms. The summed E-state index contributed by atoms with van der Waals surface area (Å²) in [7, 11) is 0. The zero-order valence-corrected chi connectivity index (χ0v) is 10.9. The molecule has 0 aliphatic carbocycles. The van der Waals surface area contributed by atoms with Crippen LogP contribution < -0.4 is 0 Å². The maximum Gasteiger partial charge on any atom is 0.143 e. The Morgan fingerprint density at radius 2 is 2.13 bits per heavy atom. The molecule has 0 aromatic carbocycles. The largest absolute Gasteiger partial charge is 0.250 e. The number of hydrogen-bond acceptors (Lipinski definition) is 3. The van der Waals surface area contributed by atoms with Gasteiger partial charge in [-0.2, -0.15) is 0 Å². The van der Waals surface area contributed by atoms with Crippen LogP contribution in [0.5, 0.6) is 0 Å². The van der Waals surface area contributed by atoms with Crippen LogP contribution in [0.15, 0.2) is 28.3 Å².